The van der Waals surface area contributed by atoms with Crippen LogP contribution in [0.3, 0.4) is 0 Å². The number of benzene rings is 2. The normalized spacial score (nSPS) is 13.9. The van der Waals surface area contributed by atoms with Gasteiger partial charge in [0.15, 0.2) is 5.69 Å². The van der Waals surface area contributed by atoms with Crippen molar-refractivity contribution >= 4 is 23.2 Å². The largest absolute Gasteiger partial charge is 0.435 e. The number of nitrogens with one attached hydrogen (secondary N) is 1. The zero-order valence-corrected chi connectivity index (χ0v) is 21.8. The summed E-state index contributed by atoms with van der Waals surface area (Å²) in [5.41, 5.74) is 2.18. The van der Waals surface area contributed by atoms with Crippen molar-refractivity contribution < 1.29 is 22.8 Å². The lowest BCUT2D eigenvalue weighted by atomic mass is 9.95. The van der Waals surface area contributed by atoms with E-state index in [1.54, 1.807) is 7.05 Å². The average Bonchev–Trinajstić information content (AvgIpc) is 3.27. The number of alkyl halides is 3. The van der Waals surface area contributed by atoms with E-state index in [-0.39, 0.29) is 17.9 Å². The molecule has 0 saturated heterocycles. The van der Waals surface area contributed by atoms with Crippen molar-refractivity contribution in [2.24, 2.45) is 0 Å². The second-order valence-electron chi connectivity index (χ2n) is 9.75. The molecule has 0 unspecified atom stereocenters. The van der Waals surface area contributed by atoms with Gasteiger partial charge in [0.2, 0.25) is 11.8 Å². The predicted octanol–water partition coefficient (Wildman–Crippen LogP) is 4.24. The third-order valence-electron chi connectivity index (χ3n) is 6.82. The molecule has 38 heavy (non-hydrogen) atoms. The summed E-state index contributed by atoms with van der Waals surface area (Å²) in [6.07, 6.45) is -2.23. The molecule has 0 fully saturated rings. The van der Waals surface area contributed by atoms with Crippen LogP contribution in [0.4, 0.5) is 24.5 Å². The van der Waals surface area contributed by atoms with E-state index in [4.69, 9.17) is 0 Å². The summed E-state index contributed by atoms with van der Waals surface area (Å²) in [7, 11) is 5.48. The Morgan fingerprint density at radius 1 is 0.974 bits per heavy atom. The number of carbonyl (C=O) groups is 2. The summed E-state index contributed by atoms with van der Waals surface area (Å²) in [6.45, 7) is -0.391. The number of halogens is 3. The van der Waals surface area contributed by atoms with Gasteiger partial charge in [0.1, 0.15) is 12.6 Å². The van der Waals surface area contributed by atoms with Crippen LogP contribution in [-0.4, -0.2) is 48.8 Å². The molecule has 0 spiro atoms. The molecule has 3 aromatic rings. The van der Waals surface area contributed by atoms with Crippen LogP contribution < -0.4 is 15.1 Å². The van der Waals surface area contributed by atoms with E-state index in [1.807, 2.05) is 73.6 Å². The Bertz CT molecular complexity index is 1270. The Kier molecular flexibility index (Phi) is 8.08. The van der Waals surface area contributed by atoms with Gasteiger partial charge in [-0.25, -0.2) is 0 Å². The Morgan fingerprint density at radius 2 is 1.61 bits per heavy atom. The van der Waals surface area contributed by atoms with Gasteiger partial charge < -0.3 is 15.1 Å². The summed E-state index contributed by atoms with van der Waals surface area (Å²) in [4.78, 5) is 30.1. The average molecular weight is 528 g/mol. The van der Waals surface area contributed by atoms with Crippen molar-refractivity contribution in [1.29, 1.82) is 0 Å². The molecule has 4 rings (SSSR count). The van der Waals surface area contributed by atoms with Gasteiger partial charge in [-0.1, -0.05) is 30.3 Å². The molecule has 1 atom stereocenters. The molecule has 0 saturated carbocycles. The summed E-state index contributed by atoms with van der Waals surface area (Å²) < 4.78 is 41.9. The van der Waals surface area contributed by atoms with Crippen LogP contribution in [0.2, 0.25) is 0 Å². The van der Waals surface area contributed by atoms with Crippen molar-refractivity contribution in [3.63, 3.8) is 0 Å². The Balaban J connectivity index is 1.55. The van der Waals surface area contributed by atoms with Gasteiger partial charge in [0.25, 0.3) is 0 Å². The smallest absolute Gasteiger partial charge is 0.378 e. The standard InChI is InChI=1S/C28H32F3N5O2/c1-34(2)20-13-15-21(16-14-20)35(3)27(38)23(17-19-9-5-4-6-10-19)32-25(37)18-36-24-12-8-7-11-22(24)26(33-36)28(29,30)31/h4-6,9-10,13-16,23H,7-8,11-12,17-18H2,1-3H3,(H,32,37)/t23-/m0/s1. The topological polar surface area (TPSA) is 70.5 Å². The zero-order valence-electron chi connectivity index (χ0n) is 21.8. The number of likely N-dealkylation sites (N-methyl/N-ethyl adjacent to an activating group) is 1. The van der Waals surface area contributed by atoms with E-state index >= 15 is 0 Å². The van der Waals surface area contributed by atoms with Gasteiger partial charge in [-0.2, -0.15) is 18.3 Å². The number of anilines is 2. The van der Waals surface area contributed by atoms with Crippen LogP contribution >= 0.6 is 0 Å². The molecule has 1 aliphatic rings. The number of nitrogens with zero attached hydrogens (tertiary/aromatic N) is 4. The predicted molar refractivity (Wildman–Crippen MR) is 140 cm³/mol. The molecule has 2 amide bonds. The molecule has 1 N–H and O–H groups in total. The van der Waals surface area contributed by atoms with E-state index in [2.05, 4.69) is 10.4 Å². The highest BCUT2D eigenvalue weighted by molar-refractivity contribution is 5.99. The fraction of sp³-hybridized carbons (Fsp3) is 0.393. The molecule has 0 radical (unpaired) electrons. The molecule has 0 bridgehead atoms. The number of carbonyl (C=O) groups excluding carboxylic acids is 2. The van der Waals surface area contributed by atoms with Crippen LogP contribution in [0.5, 0.6) is 0 Å². The Hall–Kier alpha value is -3.82. The summed E-state index contributed by atoms with van der Waals surface area (Å²) in [5, 5.41) is 6.54. The highest BCUT2D eigenvalue weighted by Crippen LogP contribution is 2.35. The van der Waals surface area contributed by atoms with Crippen LogP contribution in [-0.2, 0) is 41.6 Å². The molecule has 1 aromatic heterocycles. The summed E-state index contributed by atoms with van der Waals surface area (Å²) in [5.74, 6) is -0.904. The molecule has 0 aliphatic heterocycles. The van der Waals surface area contributed by atoms with Crippen molar-refractivity contribution in [3.8, 4) is 0 Å². The van der Waals surface area contributed by atoms with E-state index in [1.165, 1.54) is 4.90 Å². The first-order valence-electron chi connectivity index (χ1n) is 12.6. The highest BCUT2D eigenvalue weighted by atomic mass is 19.4. The lowest BCUT2D eigenvalue weighted by Gasteiger charge is -2.25. The first-order valence-corrected chi connectivity index (χ1v) is 12.6. The Morgan fingerprint density at radius 3 is 2.24 bits per heavy atom. The molecule has 1 heterocycles. The maximum atomic E-state index is 13.6. The summed E-state index contributed by atoms with van der Waals surface area (Å²) in [6, 6.07) is 15.8. The maximum Gasteiger partial charge on any atom is 0.435 e. The number of fused-ring (bicyclic) bond motifs is 1. The van der Waals surface area contributed by atoms with Crippen LogP contribution in [0.15, 0.2) is 54.6 Å². The summed E-state index contributed by atoms with van der Waals surface area (Å²) >= 11 is 0. The van der Waals surface area contributed by atoms with Crippen LogP contribution in [0.1, 0.15) is 35.4 Å². The van der Waals surface area contributed by atoms with Gasteiger partial charge in [0, 0.05) is 50.2 Å². The third-order valence-corrected chi connectivity index (χ3v) is 6.82. The van der Waals surface area contributed by atoms with Crippen LogP contribution in [0, 0.1) is 0 Å². The maximum absolute atomic E-state index is 13.6. The first kappa shape index (κ1) is 27.2. The number of rotatable bonds is 8. The molecule has 7 nitrogen and oxygen atoms in total. The first-order chi connectivity index (χ1) is 18.0. The molecule has 1 aliphatic carbocycles. The number of hydrogen-bond donors (Lipinski definition) is 1. The number of aromatic nitrogens is 2. The SMILES string of the molecule is CN(C)c1ccc(N(C)C(=O)[C@H](Cc2ccccc2)NC(=O)Cn2nc(C(F)(F)F)c3c2CCCC3)cc1. The zero-order chi connectivity index (χ0) is 27.4. The molecular weight excluding hydrogens is 495 g/mol. The Labute approximate surface area is 220 Å². The van der Waals surface area contributed by atoms with Crippen molar-refractivity contribution in [3.05, 3.63) is 77.1 Å². The quantitative estimate of drug-likeness (QED) is 0.476. The minimum Gasteiger partial charge on any atom is -0.378 e. The van der Waals surface area contributed by atoms with Crippen molar-refractivity contribution in [2.45, 2.75) is 50.9 Å². The van der Waals surface area contributed by atoms with Gasteiger partial charge in [-0.05, 0) is 55.5 Å². The second-order valence-corrected chi connectivity index (χ2v) is 9.75. The third kappa shape index (κ3) is 6.17. The fourth-order valence-corrected chi connectivity index (χ4v) is 4.79. The lowest BCUT2D eigenvalue weighted by Crippen LogP contribution is -2.49. The second kappa shape index (κ2) is 11.3. The molecule has 10 heteroatoms. The van der Waals surface area contributed by atoms with Crippen molar-refractivity contribution in [2.75, 3.05) is 30.9 Å². The van der Waals surface area contributed by atoms with E-state index in [9.17, 15) is 22.8 Å². The van der Waals surface area contributed by atoms with E-state index < -0.39 is 30.4 Å². The molecular formula is C28H32F3N5O2. The highest BCUT2D eigenvalue weighted by Gasteiger charge is 2.39. The van der Waals surface area contributed by atoms with Gasteiger partial charge in [-0.3, -0.25) is 14.3 Å². The lowest BCUT2D eigenvalue weighted by molar-refractivity contribution is -0.142. The number of amides is 2. The van der Waals surface area contributed by atoms with Crippen molar-refractivity contribution in [1.82, 2.24) is 15.1 Å². The fourth-order valence-electron chi connectivity index (χ4n) is 4.79. The van der Waals surface area contributed by atoms with Gasteiger partial charge >= 0.3 is 6.18 Å². The van der Waals surface area contributed by atoms with E-state index in [0.717, 1.165) is 22.4 Å². The minimum absolute atomic E-state index is 0.175. The monoisotopic (exact) mass is 527 g/mol. The van der Waals surface area contributed by atoms with E-state index in [0.29, 0.717) is 30.6 Å². The molecule has 202 valence electrons. The van der Waals surface area contributed by atoms with Gasteiger partial charge in [0.05, 0.1) is 0 Å². The molecule has 2 aromatic carbocycles. The number of hydrogen-bond acceptors (Lipinski definition) is 4. The van der Waals surface area contributed by atoms with Gasteiger partial charge in [-0.15, -0.1) is 0 Å². The van der Waals surface area contributed by atoms with Crippen LogP contribution in [0.25, 0.3) is 0 Å². The minimum atomic E-state index is -4.58.